The third-order valence-corrected chi connectivity index (χ3v) is 4.28. The first-order valence-corrected chi connectivity index (χ1v) is 8.47. The van der Waals surface area contributed by atoms with Crippen LogP contribution in [0.2, 0.25) is 5.02 Å². The summed E-state index contributed by atoms with van der Waals surface area (Å²) in [5.74, 6) is -1.24. The van der Waals surface area contributed by atoms with E-state index in [1.54, 1.807) is 6.92 Å². The van der Waals surface area contributed by atoms with Crippen LogP contribution in [-0.4, -0.2) is 50.0 Å². The summed E-state index contributed by atoms with van der Waals surface area (Å²) in [6, 6.07) is 1.88. The lowest BCUT2D eigenvalue weighted by Gasteiger charge is -2.28. The minimum Gasteiger partial charge on any atom is -0.493 e. The first-order chi connectivity index (χ1) is 12.0. The van der Waals surface area contributed by atoms with Gasteiger partial charge in [0.15, 0.2) is 11.5 Å². The molecule has 0 bridgehead atoms. The van der Waals surface area contributed by atoms with E-state index in [4.69, 9.17) is 25.8 Å². The molecule has 0 saturated carbocycles. The third-order valence-electron chi connectivity index (χ3n) is 4.00. The zero-order chi connectivity index (χ0) is 18.4. The quantitative estimate of drug-likeness (QED) is 0.764. The highest BCUT2D eigenvalue weighted by Crippen LogP contribution is 2.36. The molecule has 0 spiro atoms. The average Bonchev–Trinajstić information content (AvgIpc) is 2.61. The molecule has 25 heavy (non-hydrogen) atoms. The minimum absolute atomic E-state index is 0.202. The number of ether oxygens (including phenoxy) is 3. The number of hydrogen-bond donors (Lipinski definition) is 2. The Morgan fingerprint density at radius 1 is 1.48 bits per heavy atom. The van der Waals surface area contributed by atoms with Crippen molar-refractivity contribution in [3.63, 3.8) is 0 Å². The van der Waals surface area contributed by atoms with Gasteiger partial charge in [-0.1, -0.05) is 11.6 Å². The molecule has 2 rings (SSSR count). The van der Waals surface area contributed by atoms with Gasteiger partial charge in [-0.05, 0) is 31.9 Å². The smallest absolute Gasteiger partial charge is 0.326 e. The molecule has 1 fully saturated rings. The largest absolute Gasteiger partial charge is 0.493 e. The molecule has 1 aliphatic rings. The van der Waals surface area contributed by atoms with Gasteiger partial charge in [-0.25, -0.2) is 4.79 Å². The van der Waals surface area contributed by atoms with Crippen molar-refractivity contribution in [3.8, 4) is 11.5 Å². The van der Waals surface area contributed by atoms with E-state index in [0.29, 0.717) is 37.7 Å². The SMILES string of the molecule is CCOc1c(Cl)cc(C(=O)NC(C(=O)O)C2CCCOC2)cc1OC. The van der Waals surface area contributed by atoms with E-state index in [1.165, 1.54) is 19.2 Å². The number of amides is 1. The first kappa shape index (κ1) is 19.3. The number of halogens is 1. The van der Waals surface area contributed by atoms with E-state index in [2.05, 4.69) is 5.32 Å². The highest BCUT2D eigenvalue weighted by atomic mass is 35.5. The molecular weight excluding hydrogens is 350 g/mol. The van der Waals surface area contributed by atoms with Crippen LogP contribution in [0, 0.1) is 5.92 Å². The molecular formula is C17H22ClNO6. The van der Waals surface area contributed by atoms with Crippen LogP contribution in [0.15, 0.2) is 12.1 Å². The summed E-state index contributed by atoms with van der Waals surface area (Å²) in [6.45, 7) is 3.12. The van der Waals surface area contributed by atoms with Crippen LogP contribution in [0.4, 0.5) is 0 Å². The predicted octanol–water partition coefficient (Wildman–Crippen LogP) is 2.36. The molecule has 1 aromatic rings. The molecule has 0 aliphatic carbocycles. The van der Waals surface area contributed by atoms with Gasteiger partial charge >= 0.3 is 5.97 Å². The maximum atomic E-state index is 12.5. The van der Waals surface area contributed by atoms with Gasteiger partial charge < -0.3 is 24.6 Å². The molecule has 138 valence electrons. The lowest BCUT2D eigenvalue weighted by Crippen LogP contribution is -2.48. The zero-order valence-electron chi connectivity index (χ0n) is 14.2. The van der Waals surface area contributed by atoms with Gasteiger partial charge in [0.2, 0.25) is 0 Å². The van der Waals surface area contributed by atoms with Crippen molar-refractivity contribution >= 4 is 23.5 Å². The number of carboxylic acid groups (broad SMARTS) is 1. The zero-order valence-corrected chi connectivity index (χ0v) is 15.0. The predicted molar refractivity (Wildman–Crippen MR) is 91.6 cm³/mol. The molecule has 1 aliphatic heterocycles. The minimum atomic E-state index is -1.09. The summed E-state index contributed by atoms with van der Waals surface area (Å²) in [7, 11) is 1.44. The molecule has 1 heterocycles. The van der Waals surface area contributed by atoms with Crippen LogP contribution < -0.4 is 14.8 Å². The second kappa shape index (κ2) is 8.92. The Bertz CT molecular complexity index is 630. The fourth-order valence-corrected chi connectivity index (χ4v) is 3.03. The summed E-state index contributed by atoms with van der Waals surface area (Å²) in [4.78, 5) is 24.1. The summed E-state index contributed by atoms with van der Waals surface area (Å²) >= 11 is 6.16. The Balaban J connectivity index is 2.20. The van der Waals surface area contributed by atoms with Crippen LogP contribution in [0.3, 0.4) is 0 Å². The Morgan fingerprint density at radius 3 is 2.80 bits per heavy atom. The van der Waals surface area contributed by atoms with Crippen molar-refractivity contribution in [3.05, 3.63) is 22.7 Å². The van der Waals surface area contributed by atoms with Crippen molar-refractivity contribution in [2.75, 3.05) is 26.9 Å². The summed E-state index contributed by atoms with van der Waals surface area (Å²) in [5, 5.41) is 12.2. The molecule has 0 radical (unpaired) electrons. The highest BCUT2D eigenvalue weighted by Gasteiger charge is 2.32. The van der Waals surface area contributed by atoms with E-state index in [9.17, 15) is 14.7 Å². The van der Waals surface area contributed by atoms with Gasteiger partial charge in [0.25, 0.3) is 5.91 Å². The second-order valence-electron chi connectivity index (χ2n) is 5.69. The molecule has 7 nitrogen and oxygen atoms in total. The Labute approximate surface area is 151 Å². The number of hydrogen-bond acceptors (Lipinski definition) is 5. The highest BCUT2D eigenvalue weighted by molar-refractivity contribution is 6.32. The van der Waals surface area contributed by atoms with E-state index < -0.39 is 17.9 Å². The van der Waals surface area contributed by atoms with Crippen molar-refractivity contribution in [2.24, 2.45) is 5.92 Å². The van der Waals surface area contributed by atoms with Gasteiger partial charge in [0.05, 0.1) is 25.3 Å². The number of carboxylic acids is 1. The van der Waals surface area contributed by atoms with Gasteiger partial charge in [-0.3, -0.25) is 4.79 Å². The number of carbonyl (C=O) groups excluding carboxylic acids is 1. The molecule has 0 aromatic heterocycles. The monoisotopic (exact) mass is 371 g/mol. The number of nitrogens with one attached hydrogen (secondary N) is 1. The number of carbonyl (C=O) groups is 2. The van der Waals surface area contributed by atoms with Crippen molar-refractivity contribution in [2.45, 2.75) is 25.8 Å². The van der Waals surface area contributed by atoms with Crippen molar-refractivity contribution in [1.82, 2.24) is 5.32 Å². The molecule has 2 atom stereocenters. The molecule has 2 unspecified atom stereocenters. The summed E-state index contributed by atoms with van der Waals surface area (Å²) in [5.41, 5.74) is 0.202. The topological polar surface area (TPSA) is 94.1 Å². The van der Waals surface area contributed by atoms with Crippen LogP contribution in [0.5, 0.6) is 11.5 Å². The van der Waals surface area contributed by atoms with Gasteiger partial charge in [0, 0.05) is 18.1 Å². The molecule has 8 heteroatoms. The Kier molecular flexibility index (Phi) is 6.90. The fourth-order valence-electron chi connectivity index (χ4n) is 2.77. The summed E-state index contributed by atoms with van der Waals surface area (Å²) in [6.07, 6.45) is 1.46. The molecule has 1 amide bonds. The summed E-state index contributed by atoms with van der Waals surface area (Å²) < 4.78 is 15.9. The third kappa shape index (κ3) is 4.76. The van der Waals surface area contributed by atoms with Crippen LogP contribution in [0.1, 0.15) is 30.1 Å². The van der Waals surface area contributed by atoms with Gasteiger partial charge in [-0.2, -0.15) is 0 Å². The first-order valence-electron chi connectivity index (χ1n) is 8.09. The van der Waals surface area contributed by atoms with Crippen molar-refractivity contribution in [1.29, 1.82) is 0 Å². The van der Waals surface area contributed by atoms with E-state index >= 15 is 0 Å². The molecule has 1 aromatic carbocycles. The lowest BCUT2D eigenvalue weighted by atomic mass is 9.93. The maximum absolute atomic E-state index is 12.5. The average molecular weight is 372 g/mol. The maximum Gasteiger partial charge on any atom is 0.326 e. The normalized spacial score (nSPS) is 18.3. The van der Waals surface area contributed by atoms with Crippen LogP contribution >= 0.6 is 11.6 Å². The van der Waals surface area contributed by atoms with Crippen LogP contribution in [-0.2, 0) is 9.53 Å². The van der Waals surface area contributed by atoms with Gasteiger partial charge in [-0.15, -0.1) is 0 Å². The molecule has 2 N–H and O–H groups in total. The van der Waals surface area contributed by atoms with E-state index in [-0.39, 0.29) is 16.5 Å². The van der Waals surface area contributed by atoms with Crippen molar-refractivity contribution < 1.29 is 28.9 Å². The lowest BCUT2D eigenvalue weighted by molar-refractivity contribution is -0.142. The van der Waals surface area contributed by atoms with Gasteiger partial charge in [0.1, 0.15) is 6.04 Å². The number of methoxy groups -OCH3 is 1. The number of rotatable bonds is 7. The Morgan fingerprint density at radius 2 is 2.24 bits per heavy atom. The second-order valence-corrected chi connectivity index (χ2v) is 6.10. The number of aliphatic carboxylic acids is 1. The fraction of sp³-hybridized carbons (Fsp3) is 0.529. The van der Waals surface area contributed by atoms with E-state index in [0.717, 1.165) is 6.42 Å². The Hall–Kier alpha value is -1.99. The van der Waals surface area contributed by atoms with E-state index in [1.807, 2.05) is 0 Å². The van der Waals surface area contributed by atoms with Crippen LogP contribution in [0.25, 0.3) is 0 Å². The standard InChI is InChI=1S/C17H22ClNO6/c1-3-25-15-12(18)7-11(8-13(15)23-2)16(20)19-14(17(21)22)10-5-4-6-24-9-10/h7-8,10,14H,3-6,9H2,1-2H3,(H,19,20)(H,21,22). The number of benzene rings is 1. The molecule has 1 saturated heterocycles.